The van der Waals surface area contributed by atoms with Crippen molar-refractivity contribution in [2.24, 2.45) is 7.05 Å². The summed E-state index contributed by atoms with van der Waals surface area (Å²) in [6, 6.07) is 12.8. The normalized spacial score (nSPS) is 25.7. The first kappa shape index (κ1) is 14.3. The van der Waals surface area contributed by atoms with E-state index >= 15 is 0 Å². The summed E-state index contributed by atoms with van der Waals surface area (Å²) in [5, 5.41) is 6.74. The summed E-state index contributed by atoms with van der Waals surface area (Å²) in [7, 11) is 1.91. The fourth-order valence-electron chi connectivity index (χ4n) is 3.97. The molecule has 2 aliphatic rings. The van der Waals surface area contributed by atoms with Crippen molar-refractivity contribution in [1.29, 1.82) is 0 Å². The second-order valence-electron chi connectivity index (χ2n) is 6.61. The van der Waals surface area contributed by atoms with Crippen LogP contribution in [0.2, 0.25) is 0 Å². The van der Waals surface area contributed by atoms with Gasteiger partial charge in [0.05, 0.1) is 5.69 Å². The van der Waals surface area contributed by atoms with Crippen LogP contribution < -0.4 is 16.4 Å². The van der Waals surface area contributed by atoms with E-state index in [0.717, 1.165) is 29.8 Å². The maximum atomic E-state index is 12.6. The minimum Gasteiger partial charge on any atom is -0.398 e. The molecule has 2 aromatic rings. The van der Waals surface area contributed by atoms with Gasteiger partial charge in [-0.2, -0.15) is 0 Å². The highest BCUT2D eigenvalue weighted by molar-refractivity contribution is 5.94. The number of rotatable bonds is 3. The maximum absolute atomic E-state index is 12.6. The lowest BCUT2D eigenvalue weighted by molar-refractivity contribution is 0.0923. The van der Waals surface area contributed by atoms with Gasteiger partial charge in [-0.3, -0.25) is 4.79 Å². The van der Waals surface area contributed by atoms with Crippen molar-refractivity contribution < 1.29 is 4.79 Å². The van der Waals surface area contributed by atoms with E-state index in [2.05, 4.69) is 10.6 Å². The summed E-state index contributed by atoms with van der Waals surface area (Å²) in [5.74, 6) is -0.00685. The first-order valence-corrected chi connectivity index (χ1v) is 8.21. The molecule has 1 amide bonds. The Morgan fingerprint density at radius 1 is 1.26 bits per heavy atom. The van der Waals surface area contributed by atoms with Crippen molar-refractivity contribution in [2.45, 2.75) is 37.4 Å². The molecule has 2 saturated heterocycles. The van der Waals surface area contributed by atoms with E-state index in [1.165, 1.54) is 6.42 Å². The smallest absolute Gasteiger partial charge is 0.268 e. The van der Waals surface area contributed by atoms with Crippen LogP contribution in [-0.4, -0.2) is 28.6 Å². The van der Waals surface area contributed by atoms with Crippen LogP contribution in [0.15, 0.2) is 36.4 Å². The summed E-state index contributed by atoms with van der Waals surface area (Å²) < 4.78 is 1.92. The molecule has 0 aliphatic carbocycles. The number of benzene rings is 1. The molecule has 1 aromatic heterocycles. The van der Waals surface area contributed by atoms with Crippen LogP contribution in [0, 0.1) is 0 Å². The third-order valence-corrected chi connectivity index (χ3v) is 5.21. The van der Waals surface area contributed by atoms with Crippen molar-refractivity contribution in [3.8, 4) is 11.3 Å². The van der Waals surface area contributed by atoms with Crippen LogP contribution >= 0.6 is 0 Å². The van der Waals surface area contributed by atoms with Gasteiger partial charge >= 0.3 is 0 Å². The molecule has 5 heteroatoms. The van der Waals surface area contributed by atoms with E-state index in [4.69, 9.17) is 5.73 Å². The number of nitrogens with two attached hydrogens (primary N) is 1. The molecule has 1 aromatic carbocycles. The lowest BCUT2D eigenvalue weighted by Gasteiger charge is -2.21. The van der Waals surface area contributed by atoms with Crippen LogP contribution in [-0.2, 0) is 7.05 Å². The van der Waals surface area contributed by atoms with E-state index in [9.17, 15) is 4.79 Å². The second kappa shape index (κ2) is 5.42. The summed E-state index contributed by atoms with van der Waals surface area (Å²) >= 11 is 0. The van der Waals surface area contributed by atoms with Crippen LogP contribution in [0.4, 0.5) is 5.69 Å². The zero-order valence-electron chi connectivity index (χ0n) is 13.3. The highest BCUT2D eigenvalue weighted by Crippen LogP contribution is 2.29. The number of amides is 1. The molecule has 0 spiro atoms. The Bertz CT molecular complexity index is 751. The zero-order valence-corrected chi connectivity index (χ0v) is 13.3. The van der Waals surface area contributed by atoms with Gasteiger partial charge in [-0.25, -0.2) is 0 Å². The van der Waals surface area contributed by atoms with Gasteiger partial charge in [0, 0.05) is 36.4 Å². The van der Waals surface area contributed by atoms with Crippen molar-refractivity contribution in [2.75, 3.05) is 5.73 Å². The Labute approximate surface area is 135 Å². The number of anilines is 1. The van der Waals surface area contributed by atoms with E-state index in [0.29, 0.717) is 17.8 Å². The predicted molar refractivity (Wildman–Crippen MR) is 91.1 cm³/mol. The Hall–Kier alpha value is -2.27. The number of nitrogen functional groups attached to an aromatic ring is 1. The Morgan fingerprint density at radius 3 is 2.78 bits per heavy atom. The highest BCUT2D eigenvalue weighted by Gasteiger charge is 2.39. The van der Waals surface area contributed by atoms with Crippen LogP contribution in [0.25, 0.3) is 11.3 Å². The molecular weight excluding hydrogens is 288 g/mol. The van der Waals surface area contributed by atoms with E-state index in [-0.39, 0.29) is 11.9 Å². The quantitative estimate of drug-likeness (QED) is 0.758. The average molecular weight is 310 g/mol. The summed E-state index contributed by atoms with van der Waals surface area (Å²) in [6.07, 6.45) is 3.44. The number of aromatic nitrogens is 1. The lowest BCUT2D eigenvalue weighted by Crippen LogP contribution is -2.43. The van der Waals surface area contributed by atoms with Gasteiger partial charge in [0.25, 0.3) is 5.91 Å². The number of fused-ring (bicyclic) bond motifs is 2. The van der Waals surface area contributed by atoms with Gasteiger partial charge in [0.1, 0.15) is 5.69 Å². The average Bonchev–Trinajstić information content (AvgIpc) is 3.23. The molecule has 4 N–H and O–H groups in total. The maximum Gasteiger partial charge on any atom is 0.268 e. The molecule has 23 heavy (non-hydrogen) atoms. The third kappa shape index (κ3) is 2.41. The summed E-state index contributed by atoms with van der Waals surface area (Å²) in [6.45, 7) is 0. The summed E-state index contributed by atoms with van der Waals surface area (Å²) in [5.41, 5.74) is 9.36. The predicted octanol–water partition coefficient (Wildman–Crippen LogP) is 1.90. The van der Waals surface area contributed by atoms with E-state index in [1.807, 2.05) is 48.0 Å². The Morgan fingerprint density at radius 2 is 2.09 bits per heavy atom. The third-order valence-electron chi connectivity index (χ3n) is 5.21. The number of hydrogen-bond acceptors (Lipinski definition) is 3. The molecule has 0 radical (unpaired) electrons. The number of nitrogens with one attached hydrogen (secondary N) is 2. The lowest BCUT2D eigenvalue weighted by atomic mass is 9.95. The standard InChI is InChI=1S/C18H22N4O/c1-22-16(12-4-2-3-5-13(12)19)8-9-17(22)18(23)21-15-10-11-6-7-14(15)20-11/h2-5,8-9,11,14-15,20H,6-7,10,19H2,1H3,(H,21,23)/t11-,14+,15-/m1/s1. The van der Waals surface area contributed by atoms with Crippen molar-refractivity contribution in [3.05, 3.63) is 42.1 Å². The van der Waals surface area contributed by atoms with Gasteiger partial charge in [-0.15, -0.1) is 0 Å². The first-order chi connectivity index (χ1) is 11.1. The molecule has 2 bridgehead atoms. The zero-order chi connectivity index (χ0) is 16.0. The van der Waals surface area contributed by atoms with Crippen LogP contribution in [0.5, 0.6) is 0 Å². The van der Waals surface area contributed by atoms with Gasteiger partial charge in [-0.05, 0) is 37.5 Å². The van der Waals surface area contributed by atoms with Crippen LogP contribution in [0.3, 0.4) is 0 Å². The first-order valence-electron chi connectivity index (χ1n) is 8.21. The van der Waals surface area contributed by atoms with E-state index in [1.54, 1.807) is 0 Å². The molecule has 0 saturated carbocycles. The van der Waals surface area contributed by atoms with Gasteiger partial charge in [-0.1, -0.05) is 18.2 Å². The minimum absolute atomic E-state index is 0.00685. The van der Waals surface area contributed by atoms with Gasteiger partial charge in [0.15, 0.2) is 0 Å². The molecule has 0 unspecified atom stereocenters. The molecule has 3 atom stereocenters. The number of carbonyl (C=O) groups is 1. The van der Waals surface area contributed by atoms with Gasteiger partial charge < -0.3 is 20.9 Å². The summed E-state index contributed by atoms with van der Waals surface area (Å²) in [4.78, 5) is 12.6. The number of carbonyl (C=O) groups excluding carboxylic acids is 1. The topological polar surface area (TPSA) is 72.1 Å². The molecular formula is C18H22N4O. The van der Waals surface area contributed by atoms with Crippen LogP contribution in [0.1, 0.15) is 29.8 Å². The number of para-hydroxylation sites is 1. The molecule has 2 fully saturated rings. The molecule has 5 nitrogen and oxygen atoms in total. The van der Waals surface area contributed by atoms with Gasteiger partial charge in [0.2, 0.25) is 0 Å². The fraction of sp³-hybridized carbons (Fsp3) is 0.389. The second-order valence-corrected chi connectivity index (χ2v) is 6.61. The number of nitrogens with zero attached hydrogens (tertiary/aromatic N) is 1. The molecule has 120 valence electrons. The van der Waals surface area contributed by atoms with Crippen molar-refractivity contribution >= 4 is 11.6 Å². The Kier molecular flexibility index (Phi) is 3.38. The number of hydrogen-bond donors (Lipinski definition) is 3. The van der Waals surface area contributed by atoms with Crippen molar-refractivity contribution in [3.63, 3.8) is 0 Å². The van der Waals surface area contributed by atoms with E-state index < -0.39 is 0 Å². The van der Waals surface area contributed by atoms with Crippen molar-refractivity contribution in [1.82, 2.24) is 15.2 Å². The Balaban J connectivity index is 1.56. The molecule has 3 heterocycles. The SMILES string of the molecule is Cn1c(C(=O)N[C@@H]2C[C@H]3CC[C@@H]2N3)ccc1-c1ccccc1N. The molecule has 2 aliphatic heterocycles. The largest absolute Gasteiger partial charge is 0.398 e. The molecule has 4 rings (SSSR count). The highest BCUT2D eigenvalue weighted by atomic mass is 16.2. The monoisotopic (exact) mass is 310 g/mol. The fourth-order valence-corrected chi connectivity index (χ4v) is 3.97. The minimum atomic E-state index is -0.00685.